The second-order valence-electron chi connectivity index (χ2n) is 5.55. The maximum Gasteiger partial charge on any atom is 0.249 e. The molecule has 0 spiro atoms. The number of imidazole rings is 1. The fourth-order valence-corrected chi connectivity index (χ4v) is 3.03. The molecular formula is C16H21N5O2. The van der Waals surface area contributed by atoms with Crippen molar-refractivity contribution in [2.75, 3.05) is 20.3 Å². The van der Waals surface area contributed by atoms with Gasteiger partial charge in [0.25, 0.3) is 0 Å². The lowest BCUT2D eigenvalue weighted by Gasteiger charge is -2.24. The zero-order valence-corrected chi connectivity index (χ0v) is 13.5. The number of aryl methyl sites for hydroxylation is 1. The van der Waals surface area contributed by atoms with Gasteiger partial charge in [-0.1, -0.05) is 6.92 Å². The number of ether oxygens (including phenoxy) is 1. The van der Waals surface area contributed by atoms with E-state index in [2.05, 4.69) is 16.9 Å². The highest BCUT2D eigenvalue weighted by Crippen LogP contribution is 2.30. The first kappa shape index (κ1) is 15.6. The summed E-state index contributed by atoms with van der Waals surface area (Å²) in [7, 11) is 1.54. The molecule has 1 amide bonds. The molecule has 3 heterocycles. The number of carbonyl (C=O) groups excluding carboxylic acids is 1. The van der Waals surface area contributed by atoms with Crippen molar-refractivity contribution in [2.45, 2.75) is 32.2 Å². The van der Waals surface area contributed by atoms with E-state index in [-0.39, 0.29) is 18.6 Å². The Kier molecular flexibility index (Phi) is 4.66. The summed E-state index contributed by atoms with van der Waals surface area (Å²) in [6, 6.07) is -0.0290. The van der Waals surface area contributed by atoms with Gasteiger partial charge in [-0.2, -0.15) is 0 Å². The monoisotopic (exact) mass is 315 g/mol. The van der Waals surface area contributed by atoms with E-state index in [4.69, 9.17) is 9.72 Å². The van der Waals surface area contributed by atoms with Crippen LogP contribution >= 0.6 is 0 Å². The Hall–Kier alpha value is -2.28. The third kappa shape index (κ3) is 3.10. The second kappa shape index (κ2) is 6.87. The number of rotatable bonds is 5. The van der Waals surface area contributed by atoms with Crippen molar-refractivity contribution in [3.05, 3.63) is 36.3 Å². The average Bonchev–Trinajstić information content (AvgIpc) is 3.24. The van der Waals surface area contributed by atoms with Crippen molar-refractivity contribution < 1.29 is 9.53 Å². The summed E-state index contributed by atoms with van der Waals surface area (Å²) in [6.07, 6.45) is 9.80. The quantitative estimate of drug-likeness (QED) is 0.836. The molecule has 2 aromatic rings. The third-order valence-corrected chi connectivity index (χ3v) is 4.10. The van der Waals surface area contributed by atoms with Crippen LogP contribution in [-0.2, 0) is 16.0 Å². The van der Waals surface area contributed by atoms with Crippen molar-refractivity contribution in [1.82, 2.24) is 24.4 Å². The average molecular weight is 315 g/mol. The lowest BCUT2D eigenvalue weighted by molar-refractivity contribution is -0.136. The standard InChI is InChI=1S/C16H21N5O2/c1-3-14-18-6-8-21(14)15-10-17-9-12(19-15)13-5-4-7-20(13)16(22)11-23-2/h6,8-10,13H,3-5,7,11H2,1-2H3. The molecule has 0 bridgehead atoms. The van der Waals surface area contributed by atoms with Gasteiger partial charge < -0.3 is 9.64 Å². The van der Waals surface area contributed by atoms with E-state index >= 15 is 0 Å². The second-order valence-corrected chi connectivity index (χ2v) is 5.55. The van der Waals surface area contributed by atoms with Gasteiger partial charge in [-0.05, 0) is 12.8 Å². The molecule has 1 aliphatic heterocycles. The van der Waals surface area contributed by atoms with Crippen LogP contribution < -0.4 is 0 Å². The van der Waals surface area contributed by atoms with Gasteiger partial charge in [-0.15, -0.1) is 0 Å². The van der Waals surface area contributed by atoms with Crippen molar-refractivity contribution in [3.63, 3.8) is 0 Å². The first-order chi connectivity index (χ1) is 11.2. The summed E-state index contributed by atoms with van der Waals surface area (Å²) >= 11 is 0. The molecule has 1 aliphatic rings. The van der Waals surface area contributed by atoms with Crippen molar-refractivity contribution >= 4 is 5.91 Å². The number of aromatic nitrogens is 4. The normalized spacial score (nSPS) is 17.7. The molecule has 1 atom stereocenters. The van der Waals surface area contributed by atoms with Crippen molar-refractivity contribution in [3.8, 4) is 5.82 Å². The topological polar surface area (TPSA) is 73.1 Å². The number of nitrogens with zero attached hydrogens (tertiary/aromatic N) is 5. The predicted molar refractivity (Wildman–Crippen MR) is 84.1 cm³/mol. The number of likely N-dealkylation sites (tertiary alicyclic amines) is 1. The maximum atomic E-state index is 12.2. The van der Waals surface area contributed by atoms with Gasteiger partial charge in [-0.25, -0.2) is 9.97 Å². The first-order valence-corrected chi connectivity index (χ1v) is 7.87. The minimum absolute atomic E-state index is 0.000851. The zero-order chi connectivity index (χ0) is 16.2. The van der Waals surface area contributed by atoms with E-state index in [1.54, 1.807) is 18.6 Å². The van der Waals surface area contributed by atoms with Gasteiger partial charge in [0.1, 0.15) is 12.4 Å². The van der Waals surface area contributed by atoms with Crippen LogP contribution in [0.4, 0.5) is 0 Å². The van der Waals surface area contributed by atoms with Crippen LogP contribution in [0.15, 0.2) is 24.8 Å². The number of amides is 1. The van der Waals surface area contributed by atoms with Crippen LogP contribution in [0.1, 0.15) is 37.3 Å². The van der Waals surface area contributed by atoms with Crippen molar-refractivity contribution in [2.24, 2.45) is 0 Å². The molecule has 3 rings (SSSR count). The Morgan fingerprint density at radius 1 is 1.43 bits per heavy atom. The lowest BCUT2D eigenvalue weighted by Crippen LogP contribution is -2.33. The van der Waals surface area contributed by atoms with E-state index in [9.17, 15) is 4.79 Å². The fourth-order valence-electron chi connectivity index (χ4n) is 3.03. The summed E-state index contributed by atoms with van der Waals surface area (Å²) in [4.78, 5) is 27.4. The van der Waals surface area contributed by atoms with Gasteiger partial charge in [0, 0.05) is 32.5 Å². The van der Waals surface area contributed by atoms with Crippen LogP contribution in [0.3, 0.4) is 0 Å². The molecule has 0 saturated carbocycles. The van der Waals surface area contributed by atoms with E-state index in [0.717, 1.165) is 43.1 Å². The summed E-state index contributed by atoms with van der Waals surface area (Å²) in [6.45, 7) is 2.90. The number of methoxy groups -OCH3 is 1. The highest BCUT2D eigenvalue weighted by molar-refractivity contribution is 5.78. The fraction of sp³-hybridized carbons (Fsp3) is 0.500. The van der Waals surface area contributed by atoms with Crippen LogP contribution in [-0.4, -0.2) is 50.6 Å². The Morgan fingerprint density at radius 3 is 3.09 bits per heavy atom. The van der Waals surface area contributed by atoms with Crippen LogP contribution in [0.5, 0.6) is 0 Å². The summed E-state index contributed by atoms with van der Waals surface area (Å²) in [5.41, 5.74) is 0.820. The van der Waals surface area contributed by atoms with Gasteiger partial charge >= 0.3 is 0 Å². The minimum atomic E-state index is -0.0290. The largest absolute Gasteiger partial charge is 0.375 e. The summed E-state index contributed by atoms with van der Waals surface area (Å²) < 4.78 is 6.91. The Bertz CT molecular complexity index is 685. The van der Waals surface area contributed by atoms with Crippen LogP contribution in [0.25, 0.3) is 5.82 Å². The van der Waals surface area contributed by atoms with E-state index < -0.39 is 0 Å². The maximum absolute atomic E-state index is 12.2. The van der Waals surface area contributed by atoms with Gasteiger partial charge in [0.15, 0.2) is 5.82 Å². The Balaban J connectivity index is 1.89. The highest BCUT2D eigenvalue weighted by Gasteiger charge is 2.31. The number of carbonyl (C=O) groups is 1. The minimum Gasteiger partial charge on any atom is -0.375 e. The van der Waals surface area contributed by atoms with Crippen LogP contribution in [0, 0.1) is 0 Å². The van der Waals surface area contributed by atoms with Gasteiger partial charge in [-0.3, -0.25) is 14.3 Å². The molecule has 1 unspecified atom stereocenters. The molecule has 1 fully saturated rings. The van der Waals surface area contributed by atoms with Crippen LogP contribution in [0.2, 0.25) is 0 Å². The molecule has 7 heteroatoms. The third-order valence-electron chi connectivity index (χ3n) is 4.10. The van der Waals surface area contributed by atoms with Crippen molar-refractivity contribution in [1.29, 1.82) is 0 Å². The lowest BCUT2D eigenvalue weighted by atomic mass is 10.1. The predicted octanol–water partition coefficient (Wildman–Crippen LogP) is 1.53. The summed E-state index contributed by atoms with van der Waals surface area (Å²) in [5.74, 6) is 1.68. The number of hydrogen-bond acceptors (Lipinski definition) is 5. The Morgan fingerprint density at radius 2 is 2.30 bits per heavy atom. The molecule has 0 N–H and O–H groups in total. The zero-order valence-electron chi connectivity index (χ0n) is 13.5. The molecule has 7 nitrogen and oxygen atoms in total. The highest BCUT2D eigenvalue weighted by atomic mass is 16.5. The van der Waals surface area contributed by atoms with E-state index in [1.807, 2.05) is 15.7 Å². The van der Waals surface area contributed by atoms with E-state index in [1.165, 1.54) is 7.11 Å². The molecule has 0 radical (unpaired) electrons. The Labute approximate surface area is 135 Å². The molecule has 0 aliphatic carbocycles. The first-order valence-electron chi connectivity index (χ1n) is 7.87. The molecule has 122 valence electrons. The van der Waals surface area contributed by atoms with E-state index in [0.29, 0.717) is 0 Å². The molecule has 0 aromatic carbocycles. The molecular weight excluding hydrogens is 294 g/mol. The molecule has 1 saturated heterocycles. The smallest absolute Gasteiger partial charge is 0.249 e. The summed E-state index contributed by atoms with van der Waals surface area (Å²) in [5, 5.41) is 0. The molecule has 2 aromatic heterocycles. The number of hydrogen-bond donors (Lipinski definition) is 0. The van der Waals surface area contributed by atoms with Gasteiger partial charge in [0.05, 0.1) is 24.1 Å². The molecule has 23 heavy (non-hydrogen) atoms. The SMILES string of the molecule is CCc1nccn1-c1cncc(C2CCCN2C(=O)COC)n1. The van der Waals surface area contributed by atoms with Gasteiger partial charge in [0.2, 0.25) is 5.91 Å².